The molecule has 2 N–H and O–H groups in total. The summed E-state index contributed by atoms with van der Waals surface area (Å²) < 4.78 is 0. The largest absolute Gasteiger partial charge is 0.366 e. The second-order valence-corrected chi connectivity index (χ2v) is 5.48. The van der Waals surface area contributed by atoms with Gasteiger partial charge >= 0.3 is 0 Å². The predicted molar refractivity (Wildman–Crippen MR) is 85.1 cm³/mol. The predicted octanol–water partition coefficient (Wildman–Crippen LogP) is 3.01. The Morgan fingerprint density at radius 3 is 2.71 bits per heavy atom. The van der Waals surface area contributed by atoms with Crippen LogP contribution in [-0.4, -0.2) is 13.1 Å². The van der Waals surface area contributed by atoms with Crippen LogP contribution in [0.1, 0.15) is 29.0 Å². The molecule has 2 aromatic carbocycles. The SMILES string of the molecule is N#Cc1ccccc1CN1CC(CCN)c2ccccc21. The minimum atomic E-state index is 0.500. The Balaban J connectivity index is 1.89. The fraction of sp³-hybridized carbons (Fsp3) is 0.278. The Morgan fingerprint density at radius 2 is 1.90 bits per heavy atom. The zero-order valence-corrected chi connectivity index (χ0v) is 12.0. The number of rotatable bonds is 4. The molecule has 21 heavy (non-hydrogen) atoms. The first-order chi connectivity index (χ1) is 10.3. The van der Waals surface area contributed by atoms with Gasteiger partial charge in [-0.25, -0.2) is 0 Å². The molecule has 0 saturated heterocycles. The van der Waals surface area contributed by atoms with Crippen molar-refractivity contribution < 1.29 is 0 Å². The molecule has 1 aliphatic heterocycles. The summed E-state index contributed by atoms with van der Waals surface area (Å²) in [4.78, 5) is 2.37. The fourth-order valence-electron chi connectivity index (χ4n) is 3.15. The van der Waals surface area contributed by atoms with Gasteiger partial charge in [0, 0.05) is 24.7 Å². The summed E-state index contributed by atoms with van der Waals surface area (Å²) in [6.45, 7) is 2.47. The van der Waals surface area contributed by atoms with Gasteiger partial charge in [-0.05, 0) is 36.2 Å². The zero-order valence-electron chi connectivity index (χ0n) is 12.0. The maximum atomic E-state index is 9.24. The Labute approximate surface area is 125 Å². The van der Waals surface area contributed by atoms with E-state index in [1.807, 2.05) is 24.3 Å². The maximum absolute atomic E-state index is 9.24. The molecule has 1 atom stereocenters. The lowest BCUT2D eigenvalue weighted by atomic mass is 9.98. The summed E-state index contributed by atoms with van der Waals surface area (Å²) in [5.41, 5.74) is 10.3. The van der Waals surface area contributed by atoms with Crippen LogP contribution in [0.3, 0.4) is 0 Å². The first-order valence-electron chi connectivity index (χ1n) is 7.35. The highest BCUT2D eigenvalue weighted by atomic mass is 15.2. The highest BCUT2D eigenvalue weighted by Gasteiger charge is 2.27. The monoisotopic (exact) mass is 277 g/mol. The standard InChI is InChI=1S/C18H19N3/c19-10-9-16-13-21(18-8-4-3-7-17(16)18)12-15-6-2-1-5-14(15)11-20/h1-8,16H,9-10,12-13,19H2. The summed E-state index contributed by atoms with van der Waals surface area (Å²) in [5.74, 6) is 0.500. The number of nitrogens with zero attached hydrogens (tertiary/aromatic N) is 2. The molecule has 2 aromatic rings. The van der Waals surface area contributed by atoms with Gasteiger partial charge in [0.1, 0.15) is 0 Å². The van der Waals surface area contributed by atoms with Crippen LogP contribution in [0.2, 0.25) is 0 Å². The van der Waals surface area contributed by atoms with Crippen LogP contribution in [0.15, 0.2) is 48.5 Å². The van der Waals surface area contributed by atoms with E-state index < -0.39 is 0 Å². The maximum Gasteiger partial charge on any atom is 0.0995 e. The van der Waals surface area contributed by atoms with Crippen molar-refractivity contribution >= 4 is 5.69 Å². The second kappa shape index (κ2) is 5.99. The van der Waals surface area contributed by atoms with E-state index in [1.165, 1.54) is 11.3 Å². The lowest BCUT2D eigenvalue weighted by molar-refractivity contribution is 0.644. The van der Waals surface area contributed by atoms with E-state index in [1.54, 1.807) is 0 Å². The Morgan fingerprint density at radius 1 is 1.14 bits per heavy atom. The number of hydrogen-bond acceptors (Lipinski definition) is 3. The molecular weight excluding hydrogens is 258 g/mol. The topological polar surface area (TPSA) is 53.0 Å². The molecule has 0 spiro atoms. The molecule has 3 heteroatoms. The van der Waals surface area contributed by atoms with Crippen molar-refractivity contribution in [1.29, 1.82) is 5.26 Å². The quantitative estimate of drug-likeness (QED) is 0.934. The number of para-hydroxylation sites is 1. The van der Waals surface area contributed by atoms with Gasteiger partial charge in [-0.15, -0.1) is 0 Å². The van der Waals surface area contributed by atoms with Gasteiger partial charge in [0.2, 0.25) is 0 Å². The fourth-order valence-corrected chi connectivity index (χ4v) is 3.15. The number of hydrogen-bond donors (Lipinski definition) is 1. The van der Waals surface area contributed by atoms with E-state index >= 15 is 0 Å². The molecule has 1 heterocycles. The van der Waals surface area contributed by atoms with Crippen LogP contribution in [0.5, 0.6) is 0 Å². The van der Waals surface area contributed by atoms with Crippen molar-refractivity contribution in [2.75, 3.05) is 18.0 Å². The van der Waals surface area contributed by atoms with E-state index in [2.05, 4.69) is 35.2 Å². The molecule has 0 saturated carbocycles. The van der Waals surface area contributed by atoms with Crippen LogP contribution in [0.4, 0.5) is 5.69 Å². The molecule has 1 aliphatic rings. The summed E-state index contributed by atoms with van der Waals surface area (Å²) >= 11 is 0. The van der Waals surface area contributed by atoms with Crippen LogP contribution in [0, 0.1) is 11.3 Å². The molecule has 106 valence electrons. The Bertz CT molecular complexity index is 672. The van der Waals surface area contributed by atoms with Crippen molar-refractivity contribution in [3.8, 4) is 6.07 Å². The first-order valence-corrected chi connectivity index (χ1v) is 7.35. The zero-order chi connectivity index (χ0) is 14.7. The molecular formula is C18H19N3. The van der Waals surface area contributed by atoms with Crippen LogP contribution in [-0.2, 0) is 6.54 Å². The van der Waals surface area contributed by atoms with Crippen molar-refractivity contribution in [3.63, 3.8) is 0 Å². The minimum absolute atomic E-state index is 0.500. The van der Waals surface area contributed by atoms with Gasteiger partial charge in [-0.2, -0.15) is 5.26 Å². The van der Waals surface area contributed by atoms with Crippen LogP contribution < -0.4 is 10.6 Å². The second-order valence-electron chi connectivity index (χ2n) is 5.48. The lowest BCUT2D eigenvalue weighted by Gasteiger charge is -2.20. The number of nitrogens with two attached hydrogens (primary N) is 1. The van der Waals surface area contributed by atoms with Crippen molar-refractivity contribution in [2.24, 2.45) is 5.73 Å². The van der Waals surface area contributed by atoms with Gasteiger partial charge in [-0.3, -0.25) is 0 Å². The van der Waals surface area contributed by atoms with Crippen LogP contribution in [0.25, 0.3) is 0 Å². The van der Waals surface area contributed by atoms with Crippen LogP contribution >= 0.6 is 0 Å². The van der Waals surface area contributed by atoms with E-state index in [9.17, 15) is 5.26 Å². The average molecular weight is 277 g/mol. The Kier molecular flexibility index (Phi) is 3.89. The van der Waals surface area contributed by atoms with Gasteiger partial charge in [0.25, 0.3) is 0 Å². The lowest BCUT2D eigenvalue weighted by Crippen LogP contribution is -2.22. The minimum Gasteiger partial charge on any atom is -0.366 e. The van der Waals surface area contributed by atoms with E-state index in [-0.39, 0.29) is 0 Å². The van der Waals surface area contributed by atoms with Gasteiger partial charge in [-0.1, -0.05) is 36.4 Å². The molecule has 3 nitrogen and oxygen atoms in total. The first kappa shape index (κ1) is 13.7. The molecule has 3 rings (SSSR count). The molecule has 0 aliphatic carbocycles. The third-order valence-corrected chi connectivity index (χ3v) is 4.17. The summed E-state index contributed by atoms with van der Waals surface area (Å²) in [7, 11) is 0. The third-order valence-electron chi connectivity index (χ3n) is 4.17. The summed E-state index contributed by atoms with van der Waals surface area (Å²) in [5, 5.41) is 9.24. The number of fused-ring (bicyclic) bond motifs is 1. The van der Waals surface area contributed by atoms with Gasteiger partial charge < -0.3 is 10.6 Å². The molecule has 0 amide bonds. The molecule has 0 bridgehead atoms. The van der Waals surface area contributed by atoms with Gasteiger partial charge in [0.15, 0.2) is 0 Å². The van der Waals surface area contributed by atoms with Crippen molar-refractivity contribution in [2.45, 2.75) is 18.9 Å². The highest BCUT2D eigenvalue weighted by Crippen LogP contribution is 2.38. The molecule has 0 fully saturated rings. The highest BCUT2D eigenvalue weighted by molar-refractivity contribution is 5.60. The molecule has 0 aromatic heterocycles. The number of nitriles is 1. The third kappa shape index (κ3) is 2.63. The van der Waals surface area contributed by atoms with Crippen molar-refractivity contribution in [1.82, 2.24) is 0 Å². The van der Waals surface area contributed by atoms with Gasteiger partial charge in [0.05, 0.1) is 11.6 Å². The van der Waals surface area contributed by atoms with E-state index in [0.717, 1.165) is 30.6 Å². The molecule has 0 radical (unpaired) electrons. The van der Waals surface area contributed by atoms with Crippen molar-refractivity contribution in [3.05, 3.63) is 65.2 Å². The average Bonchev–Trinajstić information content (AvgIpc) is 2.87. The summed E-state index contributed by atoms with van der Waals surface area (Å²) in [6.07, 6.45) is 1.01. The van der Waals surface area contributed by atoms with E-state index in [4.69, 9.17) is 5.73 Å². The number of anilines is 1. The normalized spacial score (nSPS) is 16.6. The molecule has 1 unspecified atom stereocenters. The summed E-state index contributed by atoms with van der Waals surface area (Å²) in [6, 6.07) is 18.7. The Hall–Kier alpha value is -2.31. The van der Waals surface area contributed by atoms with E-state index in [0.29, 0.717) is 12.5 Å². The smallest absolute Gasteiger partial charge is 0.0995 e. The number of benzene rings is 2.